The van der Waals surface area contributed by atoms with Crippen molar-refractivity contribution >= 4 is 10.4 Å². The lowest BCUT2D eigenvalue weighted by atomic mass is 10.3. The molecule has 0 fully saturated rings. The molecule has 0 aromatic heterocycles. The van der Waals surface area contributed by atoms with Gasteiger partial charge in [0.2, 0.25) is 0 Å². The molecule has 0 spiro atoms. The molecule has 13 heavy (non-hydrogen) atoms. The van der Waals surface area contributed by atoms with Crippen LogP contribution in [0.2, 0.25) is 0 Å². The van der Waals surface area contributed by atoms with Crippen molar-refractivity contribution in [3.05, 3.63) is 0 Å². The van der Waals surface area contributed by atoms with Crippen molar-refractivity contribution in [1.29, 1.82) is 0 Å². The van der Waals surface area contributed by atoms with Gasteiger partial charge in [0, 0.05) is 0 Å². The molecule has 0 heterocycles. The fraction of sp³-hybridized carbons (Fsp3) is 1.00. The Kier molecular flexibility index (Phi) is 7.16. The van der Waals surface area contributed by atoms with Crippen LogP contribution in [0.25, 0.3) is 0 Å². The van der Waals surface area contributed by atoms with E-state index in [-0.39, 0.29) is 6.61 Å². The number of nitrogens with one attached hydrogen (secondary N) is 1. The monoisotopic (exact) mass is 211 g/mol. The molecule has 5 nitrogen and oxygen atoms in total. The van der Waals surface area contributed by atoms with Crippen molar-refractivity contribution in [3.63, 3.8) is 0 Å². The summed E-state index contributed by atoms with van der Waals surface area (Å²) < 4.78 is 32.5. The van der Waals surface area contributed by atoms with Gasteiger partial charge in [-0.2, -0.15) is 8.42 Å². The van der Waals surface area contributed by atoms with Crippen LogP contribution in [0.1, 0.15) is 26.2 Å². The van der Waals surface area contributed by atoms with Gasteiger partial charge in [-0.3, -0.25) is 4.55 Å². The summed E-state index contributed by atoms with van der Waals surface area (Å²) in [6.07, 6.45) is 2.55. The lowest BCUT2D eigenvalue weighted by molar-refractivity contribution is 0.262. The van der Waals surface area contributed by atoms with E-state index < -0.39 is 10.4 Å². The van der Waals surface area contributed by atoms with Crippen LogP contribution in [0.4, 0.5) is 0 Å². The van der Waals surface area contributed by atoms with Crippen LogP contribution in [0.15, 0.2) is 0 Å². The van der Waals surface area contributed by atoms with Crippen LogP contribution in [-0.2, 0) is 14.6 Å². The summed E-state index contributed by atoms with van der Waals surface area (Å²) in [5.41, 5.74) is 0. The third-order valence-corrected chi connectivity index (χ3v) is 1.87. The van der Waals surface area contributed by atoms with Crippen molar-refractivity contribution in [2.75, 3.05) is 19.7 Å². The summed E-state index contributed by atoms with van der Waals surface area (Å²) in [4.78, 5) is 0. The van der Waals surface area contributed by atoms with Gasteiger partial charge >= 0.3 is 10.4 Å². The second-order valence-electron chi connectivity index (χ2n) is 2.71. The van der Waals surface area contributed by atoms with Gasteiger partial charge in [-0.15, -0.1) is 0 Å². The predicted octanol–water partition coefficient (Wildman–Crippen LogP) is 0.586. The van der Waals surface area contributed by atoms with Gasteiger partial charge in [0.15, 0.2) is 0 Å². The van der Waals surface area contributed by atoms with E-state index in [4.69, 9.17) is 4.55 Å². The molecule has 0 aliphatic heterocycles. The Labute approximate surface area is 79.4 Å². The van der Waals surface area contributed by atoms with Crippen LogP contribution >= 0.6 is 0 Å². The fourth-order valence-electron chi connectivity index (χ4n) is 0.818. The van der Waals surface area contributed by atoms with Crippen molar-refractivity contribution in [3.8, 4) is 0 Å². The van der Waals surface area contributed by atoms with E-state index in [1.54, 1.807) is 0 Å². The second kappa shape index (κ2) is 7.25. The Morgan fingerprint density at radius 2 is 2.00 bits per heavy atom. The number of unbranched alkanes of at least 4 members (excludes halogenated alkanes) is 1. The maximum Gasteiger partial charge on any atom is 0.397 e. The minimum atomic E-state index is -4.24. The molecule has 2 N–H and O–H groups in total. The van der Waals surface area contributed by atoms with E-state index in [0.29, 0.717) is 6.42 Å². The van der Waals surface area contributed by atoms with Crippen molar-refractivity contribution in [2.24, 2.45) is 0 Å². The molecule has 80 valence electrons. The molecule has 6 heteroatoms. The highest BCUT2D eigenvalue weighted by Gasteiger charge is 2.02. The van der Waals surface area contributed by atoms with Crippen LogP contribution < -0.4 is 5.32 Å². The average Bonchev–Trinajstić information content (AvgIpc) is 2.01. The summed E-state index contributed by atoms with van der Waals surface area (Å²) in [5.74, 6) is 0. The molecule has 0 saturated carbocycles. The van der Waals surface area contributed by atoms with Crippen LogP contribution in [0, 0.1) is 0 Å². The first-order valence-electron chi connectivity index (χ1n) is 4.39. The quantitative estimate of drug-likeness (QED) is 0.454. The highest BCUT2D eigenvalue weighted by Crippen LogP contribution is 1.92. The molecule has 0 saturated heterocycles. The largest absolute Gasteiger partial charge is 0.397 e. The van der Waals surface area contributed by atoms with Gasteiger partial charge in [0.1, 0.15) is 0 Å². The van der Waals surface area contributed by atoms with Crippen LogP contribution in [0.5, 0.6) is 0 Å². The van der Waals surface area contributed by atoms with Gasteiger partial charge in [-0.25, -0.2) is 4.18 Å². The van der Waals surface area contributed by atoms with E-state index >= 15 is 0 Å². The number of hydrogen-bond donors (Lipinski definition) is 2. The summed E-state index contributed by atoms with van der Waals surface area (Å²) in [5, 5.41) is 3.17. The molecule has 0 amide bonds. The van der Waals surface area contributed by atoms with Crippen LogP contribution in [-0.4, -0.2) is 32.7 Å². The Morgan fingerprint density at radius 1 is 1.31 bits per heavy atom. The third kappa shape index (κ3) is 11.8. The molecular formula is C7H17NO4S. The molecule has 0 aromatic carbocycles. The minimum Gasteiger partial charge on any atom is -0.317 e. The molecule has 0 radical (unpaired) electrons. The smallest absolute Gasteiger partial charge is 0.317 e. The van der Waals surface area contributed by atoms with E-state index in [9.17, 15) is 8.42 Å². The van der Waals surface area contributed by atoms with Crippen molar-refractivity contribution < 1.29 is 17.2 Å². The minimum absolute atomic E-state index is 0.0483. The van der Waals surface area contributed by atoms with Crippen molar-refractivity contribution in [1.82, 2.24) is 5.32 Å². The maximum atomic E-state index is 10.1. The zero-order valence-corrected chi connectivity index (χ0v) is 8.64. The summed E-state index contributed by atoms with van der Waals surface area (Å²) in [6.45, 7) is 3.95. The Bertz CT molecular complexity index is 203. The zero-order valence-electron chi connectivity index (χ0n) is 7.82. The first kappa shape index (κ1) is 12.8. The van der Waals surface area contributed by atoms with E-state index in [1.807, 2.05) is 0 Å². The van der Waals surface area contributed by atoms with Gasteiger partial charge in [0.25, 0.3) is 0 Å². The number of rotatable bonds is 8. The summed E-state index contributed by atoms with van der Waals surface area (Å²) in [7, 11) is -4.24. The highest BCUT2D eigenvalue weighted by atomic mass is 32.3. The maximum absolute atomic E-state index is 10.1. The molecule has 0 bridgehead atoms. The van der Waals surface area contributed by atoms with Gasteiger partial charge in [0.05, 0.1) is 6.61 Å². The van der Waals surface area contributed by atoms with Crippen molar-refractivity contribution in [2.45, 2.75) is 26.2 Å². The van der Waals surface area contributed by atoms with E-state index in [0.717, 1.165) is 25.9 Å². The van der Waals surface area contributed by atoms with E-state index in [1.165, 1.54) is 0 Å². The molecule has 0 atom stereocenters. The molecule has 0 aliphatic rings. The molecular weight excluding hydrogens is 194 g/mol. The first-order valence-corrected chi connectivity index (χ1v) is 5.75. The highest BCUT2D eigenvalue weighted by molar-refractivity contribution is 7.80. The molecule has 0 aromatic rings. The Morgan fingerprint density at radius 3 is 2.54 bits per heavy atom. The molecule has 0 rings (SSSR count). The summed E-state index contributed by atoms with van der Waals surface area (Å²) >= 11 is 0. The van der Waals surface area contributed by atoms with E-state index in [2.05, 4.69) is 16.4 Å². The third-order valence-electron chi connectivity index (χ3n) is 1.41. The lowest BCUT2D eigenvalue weighted by Crippen LogP contribution is -2.16. The average molecular weight is 211 g/mol. The number of hydrogen-bond acceptors (Lipinski definition) is 4. The Balaban J connectivity index is 3.09. The van der Waals surface area contributed by atoms with Crippen LogP contribution in [0.3, 0.4) is 0 Å². The zero-order chi connectivity index (χ0) is 10.2. The summed E-state index contributed by atoms with van der Waals surface area (Å²) in [6, 6.07) is 0. The predicted molar refractivity (Wildman–Crippen MR) is 49.9 cm³/mol. The lowest BCUT2D eigenvalue weighted by Gasteiger charge is -2.02. The standard InChI is InChI=1S/C7H17NO4S/c1-2-5-8-6-3-4-7-12-13(9,10)11/h8H,2-7H2,1H3,(H,9,10,11). The first-order chi connectivity index (χ1) is 6.06. The van der Waals surface area contributed by atoms with Gasteiger partial charge in [-0.05, 0) is 32.4 Å². The SMILES string of the molecule is CCCNCCCCOS(=O)(=O)O. The van der Waals surface area contributed by atoms with Gasteiger partial charge in [-0.1, -0.05) is 6.92 Å². The normalized spacial score (nSPS) is 11.8. The fourth-order valence-corrected chi connectivity index (χ4v) is 1.15. The van der Waals surface area contributed by atoms with Gasteiger partial charge < -0.3 is 5.32 Å². The second-order valence-corrected chi connectivity index (χ2v) is 3.80. The Hall–Kier alpha value is -0.170. The molecule has 0 unspecified atom stereocenters. The molecule has 0 aliphatic carbocycles. The topological polar surface area (TPSA) is 75.6 Å².